The van der Waals surface area contributed by atoms with E-state index in [2.05, 4.69) is 12.2 Å². The van der Waals surface area contributed by atoms with Gasteiger partial charge in [-0.2, -0.15) is 4.31 Å². The first-order chi connectivity index (χ1) is 12.0. The second-order valence-corrected chi connectivity index (χ2v) is 10.7. The number of thiophene rings is 1. The van der Waals surface area contributed by atoms with Gasteiger partial charge in [0, 0.05) is 23.9 Å². The highest BCUT2D eigenvalue weighted by molar-refractivity contribution is 7.91. The molecule has 1 aromatic heterocycles. The zero-order valence-corrected chi connectivity index (χ0v) is 16.5. The molecule has 1 saturated heterocycles. The highest BCUT2D eigenvalue weighted by Crippen LogP contribution is 2.29. The molecule has 1 amide bonds. The Hall–Kier alpha value is -0.920. The van der Waals surface area contributed by atoms with E-state index in [4.69, 9.17) is 0 Å². The molecule has 1 aliphatic carbocycles. The topological polar surface area (TPSA) is 66.5 Å². The third-order valence-corrected chi connectivity index (χ3v) is 8.84. The number of sulfonamides is 1. The summed E-state index contributed by atoms with van der Waals surface area (Å²) in [4.78, 5) is 13.1. The van der Waals surface area contributed by atoms with Crippen molar-refractivity contribution in [2.75, 3.05) is 13.1 Å². The number of rotatable bonds is 5. The highest BCUT2D eigenvalue weighted by atomic mass is 32.2. The summed E-state index contributed by atoms with van der Waals surface area (Å²) in [5.41, 5.74) is 0. The Morgan fingerprint density at radius 3 is 2.52 bits per heavy atom. The summed E-state index contributed by atoms with van der Waals surface area (Å²) >= 11 is 1.28. The maximum Gasteiger partial charge on any atom is 0.252 e. The minimum absolute atomic E-state index is 0.113. The minimum Gasteiger partial charge on any atom is -0.351 e. The van der Waals surface area contributed by atoms with Gasteiger partial charge in [-0.25, -0.2) is 8.42 Å². The SMILES string of the molecule is CC1CCN(S(=O)(=O)c2ccc(CNC(=O)C3CCCCC3)s2)CC1. The molecule has 2 aliphatic rings. The molecule has 1 aromatic rings. The summed E-state index contributed by atoms with van der Waals surface area (Å²) in [6, 6.07) is 3.51. The van der Waals surface area contributed by atoms with E-state index in [0.29, 0.717) is 29.8 Å². The normalized spacial score (nSPS) is 21.3. The van der Waals surface area contributed by atoms with E-state index in [1.807, 2.05) is 6.07 Å². The van der Waals surface area contributed by atoms with Crippen LogP contribution in [-0.2, 0) is 21.4 Å². The molecule has 0 atom stereocenters. The van der Waals surface area contributed by atoms with Crippen molar-refractivity contribution in [3.05, 3.63) is 17.0 Å². The van der Waals surface area contributed by atoms with Crippen molar-refractivity contribution >= 4 is 27.3 Å². The van der Waals surface area contributed by atoms with E-state index in [1.165, 1.54) is 17.8 Å². The maximum atomic E-state index is 12.7. The highest BCUT2D eigenvalue weighted by Gasteiger charge is 2.29. The fourth-order valence-electron chi connectivity index (χ4n) is 3.63. The molecule has 0 bridgehead atoms. The van der Waals surface area contributed by atoms with E-state index >= 15 is 0 Å². The Balaban J connectivity index is 1.57. The first-order valence-electron chi connectivity index (χ1n) is 9.33. The number of nitrogens with zero attached hydrogens (tertiary/aromatic N) is 1. The van der Waals surface area contributed by atoms with E-state index in [1.54, 1.807) is 10.4 Å². The minimum atomic E-state index is -3.38. The molecule has 3 rings (SSSR count). The average molecular weight is 385 g/mol. The standard InChI is InChI=1S/C18H28N2O3S2/c1-14-9-11-20(12-10-14)25(22,23)17-8-7-16(24-17)13-19-18(21)15-5-3-2-4-6-15/h7-8,14-15H,2-6,9-13H2,1H3,(H,19,21). The van der Waals surface area contributed by atoms with Crippen LogP contribution in [0.25, 0.3) is 0 Å². The number of hydrogen-bond donors (Lipinski definition) is 1. The van der Waals surface area contributed by atoms with Crippen LogP contribution in [0.4, 0.5) is 0 Å². The van der Waals surface area contributed by atoms with E-state index in [0.717, 1.165) is 43.4 Å². The fourth-order valence-corrected chi connectivity index (χ4v) is 6.55. The molecule has 1 aliphatic heterocycles. The molecule has 1 N–H and O–H groups in total. The lowest BCUT2D eigenvalue weighted by Crippen LogP contribution is -2.37. The molecule has 5 nitrogen and oxygen atoms in total. The zero-order valence-electron chi connectivity index (χ0n) is 14.9. The number of amides is 1. The molecule has 140 valence electrons. The van der Waals surface area contributed by atoms with Crippen LogP contribution in [0.2, 0.25) is 0 Å². The van der Waals surface area contributed by atoms with Gasteiger partial charge in [-0.15, -0.1) is 11.3 Å². The molecule has 0 unspecified atom stereocenters. The van der Waals surface area contributed by atoms with Crippen molar-refractivity contribution in [2.24, 2.45) is 11.8 Å². The Kier molecular flexibility index (Phi) is 6.17. The van der Waals surface area contributed by atoms with Crippen molar-refractivity contribution in [1.29, 1.82) is 0 Å². The molecular weight excluding hydrogens is 356 g/mol. The summed E-state index contributed by atoms with van der Waals surface area (Å²) in [5, 5.41) is 2.98. The lowest BCUT2D eigenvalue weighted by molar-refractivity contribution is -0.126. The summed E-state index contributed by atoms with van der Waals surface area (Å²) in [6.07, 6.45) is 7.30. The van der Waals surface area contributed by atoms with Gasteiger partial charge in [0.15, 0.2) is 0 Å². The smallest absolute Gasteiger partial charge is 0.252 e. The molecule has 2 heterocycles. The van der Waals surface area contributed by atoms with Crippen LogP contribution >= 0.6 is 11.3 Å². The van der Waals surface area contributed by atoms with Crippen LogP contribution in [0.1, 0.15) is 56.7 Å². The average Bonchev–Trinajstić information content (AvgIpc) is 3.11. The van der Waals surface area contributed by atoms with Crippen LogP contribution in [-0.4, -0.2) is 31.7 Å². The predicted molar refractivity (Wildman–Crippen MR) is 99.9 cm³/mol. The first-order valence-corrected chi connectivity index (χ1v) is 11.6. The van der Waals surface area contributed by atoms with Gasteiger partial charge in [0.25, 0.3) is 10.0 Å². The molecular formula is C18H28N2O3S2. The van der Waals surface area contributed by atoms with Gasteiger partial charge in [-0.05, 0) is 43.7 Å². The number of carbonyl (C=O) groups is 1. The summed E-state index contributed by atoms with van der Waals surface area (Å²) in [6.45, 7) is 3.80. The monoisotopic (exact) mass is 384 g/mol. The Morgan fingerprint density at radius 2 is 1.84 bits per heavy atom. The Bertz CT molecular complexity index is 685. The van der Waals surface area contributed by atoms with Crippen LogP contribution in [0.5, 0.6) is 0 Å². The molecule has 1 saturated carbocycles. The van der Waals surface area contributed by atoms with Gasteiger partial charge < -0.3 is 5.32 Å². The van der Waals surface area contributed by atoms with Crippen LogP contribution < -0.4 is 5.32 Å². The van der Waals surface area contributed by atoms with Crippen molar-refractivity contribution in [2.45, 2.75) is 62.6 Å². The van der Waals surface area contributed by atoms with E-state index in [-0.39, 0.29) is 11.8 Å². The van der Waals surface area contributed by atoms with Crippen molar-refractivity contribution in [1.82, 2.24) is 9.62 Å². The van der Waals surface area contributed by atoms with Crippen LogP contribution in [0.3, 0.4) is 0 Å². The number of carbonyl (C=O) groups excluding carboxylic acids is 1. The first kappa shape index (κ1) is 18.9. The zero-order chi connectivity index (χ0) is 17.9. The third kappa shape index (κ3) is 4.63. The van der Waals surface area contributed by atoms with Crippen LogP contribution in [0.15, 0.2) is 16.3 Å². The molecule has 25 heavy (non-hydrogen) atoms. The van der Waals surface area contributed by atoms with Crippen molar-refractivity contribution < 1.29 is 13.2 Å². The van der Waals surface area contributed by atoms with Gasteiger partial charge in [-0.1, -0.05) is 26.2 Å². The number of piperidine rings is 1. The Morgan fingerprint density at radius 1 is 1.16 bits per heavy atom. The molecule has 0 spiro atoms. The van der Waals surface area contributed by atoms with Gasteiger partial charge >= 0.3 is 0 Å². The van der Waals surface area contributed by atoms with Crippen LogP contribution in [0, 0.1) is 11.8 Å². The van der Waals surface area contributed by atoms with Gasteiger partial charge in [0.2, 0.25) is 5.91 Å². The third-order valence-electron chi connectivity index (χ3n) is 5.39. The lowest BCUT2D eigenvalue weighted by atomic mass is 9.89. The molecule has 0 aromatic carbocycles. The second-order valence-electron chi connectivity index (χ2n) is 7.36. The lowest BCUT2D eigenvalue weighted by Gasteiger charge is -2.28. The number of hydrogen-bond acceptors (Lipinski definition) is 4. The van der Waals surface area contributed by atoms with E-state index < -0.39 is 10.0 Å². The van der Waals surface area contributed by atoms with Crippen molar-refractivity contribution in [3.63, 3.8) is 0 Å². The summed E-state index contributed by atoms with van der Waals surface area (Å²) in [5.74, 6) is 0.843. The number of nitrogens with one attached hydrogen (secondary N) is 1. The molecule has 0 radical (unpaired) electrons. The van der Waals surface area contributed by atoms with Gasteiger partial charge in [0.1, 0.15) is 4.21 Å². The quantitative estimate of drug-likeness (QED) is 0.846. The second kappa shape index (κ2) is 8.18. The fraction of sp³-hybridized carbons (Fsp3) is 0.722. The summed E-state index contributed by atoms with van der Waals surface area (Å²) < 4.78 is 27.5. The van der Waals surface area contributed by atoms with Crippen molar-refractivity contribution in [3.8, 4) is 0 Å². The predicted octanol–water partition coefficient (Wildman–Crippen LogP) is 3.37. The molecule has 2 fully saturated rings. The van der Waals surface area contributed by atoms with Gasteiger partial charge in [-0.3, -0.25) is 4.79 Å². The maximum absolute atomic E-state index is 12.7. The van der Waals surface area contributed by atoms with E-state index in [9.17, 15) is 13.2 Å². The largest absolute Gasteiger partial charge is 0.351 e. The Labute approximate surface area is 154 Å². The van der Waals surface area contributed by atoms with Gasteiger partial charge in [0.05, 0.1) is 6.54 Å². The summed E-state index contributed by atoms with van der Waals surface area (Å²) in [7, 11) is -3.38. The molecule has 7 heteroatoms.